The summed E-state index contributed by atoms with van der Waals surface area (Å²) in [6.45, 7) is 0.493. The lowest BCUT2D eigenvalue weighted by Crippen LogP contribution is -2.24. The van der Waals surface area contributed by atoms with Crippen molar-refractivity contribution in [3.63, 3.8) is 0 Å². The summed E-state index contributed by atoms with van der Waals surface area (Å²) in [5.41, 5.74) is 1.76. The molecule has 2 aromatic rings. The van der Waals surface area contributed by atoms with E-state index >= 15 is 0 Å². The molecule has 0 aliphatic carbocycles. The minimum Gasteiger partial charge on any atom is -0.389 e. The van der Waals surface area contributed by atoms with Crippen LogP contribution in [0.25, 0.3) is 10.9 Å². The third-order valence-corrected chi connectivity index (χ3v) is 3.06. The molecule has 0 saturated carbocycles. The molecule has 0 radical (unpaired) electrons. The van der Waals surface area contributed by atoms with E-state index in [0.717, 1.165) is 10.9 Å². The van der Waals surface area contributed by atoms with Gasteiger partial charge in [0.2, 0.25) is 0 Å². The zero-order valence-electron chi connectivity index (χ0n) is 10.9. The molecule has 1 heterocycles. The van der Waals surface area contributed by atoms with Gasteiger partial charge >= 0.3 is 0 Å². The molecule has 1 atom stereocenters. The van der Waals surface area contributed by atoms with Crippen LogP contribution in [0.1, 0.15) is 5.56 Å². The molecule has 2 N–H and O–H groups in total. The molecule has 1 aromatic carbocycles. The molecule has 0 fully saturated rings. The van der Waals surface area contributed by atoms with Gasteiger partial charge in [-0.2, -0.15) is 5.26 Å². The van der Waals surface area contributed by atoms with E-state index in [9.17, 15) is 5.11 Å². The van der Waals surface area contributed by atoms with Crippen LogP contribution >= 0.6 is 11.6 Å². The number of hydrogen-bond acceptors (Lipinski definition) is 5. The number of benzene rings is 1. The Balaban J connectivity index is 2.38. The number of anilines is 1. The fraction of sp³-hybridized carbons (Fsp3) is 0.286. The zero-order chi connectivity index (χ0) is 14.5. The van der Waals surface area contributed by atoms with Gasteiger partial charge in [0, 0.05) is 30.3 Å². The number of nitrogens with zero attached hydrogens (tertiary/aromatic N) is 2. The van der Waals surface area contributed by atoms with Gasteiger partial charge in [-0.3, -0.25) is 4.98 Å². The van der Waals surface area contributed by atoms with E-state index in [2.05, 4.69) is 16.4 Å². The Kier molecular flexibility index (Phi) is 4.74. The van der Waals surface area contributed by atoms with Gasteiger partial charge in [0.1, 0.15) is 6.07 Å². The maximum Gasteiger partial charge on any atom is 0.103 e. The fourth-order valence-corrected chi connectivity index (χ4v) is 2.08. The number of nitriles is 1. The zero-order valence-corrected chi connectivity index (χ0v) is 11.7. The van der Waals surface area contributed by atoms with Crippen LogP contribution in [-0.2, 0) is 4.74 Å². The summed E-state index contributed by atoms with van der Waals surface area (Å²) in [4.78, 5) is 4.21. The average Bonchev–Trinajstić information content (AvgIpc) is 2.44. The second-order valence-electron chi connectivity index (χ2n) is 4.31. The van der Waals surface area contributed by atoms with Crippen molar-refractivity contribution in [1.29, 1.82) is 5.26 Å². The molecule has 5 nitrogen and oxygen atoms in total. The van der Waals surface area contributed by atoms with Crippen molar-refractivity contribution >= 4 is 28.2 Å². The molecule has 0 aliphatic rings. The lowest BCUT2D eigenvalue weighted by atomic mass is 10.1. The van der Waals surface area contributed by atoms with Crippen LogP contribution in [-0.4, -0.2) is 36.5 Å². The highest BCUT2D eigenvalue weighted by molar-refractivity contribution is 6.31. The number of rotatable bonds is 5. The fourth-order valence-electron chi connectivity index (χ4n) is 1.91. The van der Waals surface area contributed by atoms with Crippen molar-refractivity contribution in [2.24, 2.45) is 0 Å². The van der Waals surface area contributed by atoms with Crippen LogP contribution in [0.5, 0.6) is 0 Å². The smallest absolute Gasteiger partial charge is 0.103 e. The summed E-state index contributed by atoms with van der Waals surface area (Å²) in [7, 11) is 1.52. The largest absolute Gasteiger partial charge is 0.389 e. The van der Waals surface area contributed by atoms with Crippen molar-refractivity contribution in [3.05, 3.63) is 35.0 Å². The topological polar surface area (TPSA) is 78.2 Å². The number of hydrogen-bond donors (Lipinski definition) is 2. The van der Waals surface area contributed by atoms with E-state index in [1.165, 1.54) is 13.3 Å². The Labute approximate surface area is 121 Å². The van der Waals surface area contributed by atoms with Gasteiger partial charge in [0.05, 0.1) is 29.5 Å². The van der Waals surface area contributed by atoms with Gasteiger partial charge in [-0.1, -0.05) is 11.6 Å². The second kappa shape index (κ2) is 6.53. The van der Waals surface area contributed by atoms with E-state index in [4.69, 9.17) is 21.6 Å². The molecule has 0 aliphatic heterocycles. The number of aromatic nitrogens is 1. The number of nitrogens with one attached hydrogen (secondary N) is 1. The summed E-state index contributed by atoms with van der Waals surface area (Å²) in [6, 6.07) is 7.36. The molecule has 104 valence electrons. The molecular formula is C14H14ClN3O2. The molecule has 0 saturated heterocycles. The maximum absolute atomic E-state index is 9.69. The minimum absolute atomic E-state index is 0.221. The summed E-state index contributed by atoms with van der Waals surface area (Å²) in [5.74, 6) is 0. The normalized spacial score (nSPS) is 12.1. The standard InChI is InChI=1S/C14H14ClN3O2/c1-20-8-11(19)7-18-14-9(5-16)6-17-13-3-2-10(15)4-12(13)14/h2-4,6,11,19H,7-8H2,1H3,(H,17,18). The molecule has 2 rings (SSSR count). The first-order chi connectivity index (χ1) is 9.65. The van der Waals surface area contributed by atoms with Gasteiger partial charge in [0.15, 0.2) is 0 Å². The molecular weight excluding hydrogens is 278 g/mol. The number of pyridine rings is 1. The van der Waals surface area contributed by atoms with Crippen LogP contribution in [0.2, 0.25) is 5.02 Å². The molecule has 6 heteroatoms. The lowest BCUT2D eigenvalue weighted by molar-refractivity contribution is 0.0728. The monoisotopic (exact) mass is 291 g/mol. The van der Waals surface area contributed by atoms with E-state index in [-0.39, 0.29) is 13.2 Å². The van der Waals surface area contributed by atoms with Gasteiger partial charge in [0.25, 0.3) is 0 Å². The van der Waals surface area contributed by atoms with Gasteiger partial charge in [-0.25, -0.2) is 0 Å². The summed E-state index contributed by atoms with van der Waals surface area (Å²) < 4.78 is 4.87. The van der Waals surface area contributed by atoms with Crippen LogP contribution in [0.15, 0.2) is 24.4 Å². The highest BCUT2D eigenvalue weighted by Crippen LogP contribution is 2.28. The van der Waals surface area contributed by atoms with Crippen LogP contribution < -0.4 is 5.32 Å². The average molecular weight is 292 g/mol. The summed E-state index contributed by atoms with van der Waals surface area (Å²) in [6.07, 6.45) is 0.843. The van der Waals surface area contributed by atoms with Crippen molar-refractivity contribution in [1.82, 2.24) is 4.98 Å². The number of aliphatic hydroxyl groups is 1. The SMILES string of the molecule is COCC(O)CNc1c(C#N)cnc2ccc(Cl)cc12. The number of aliphatic hydroxyl groups excluding tert-OH is 1. The minimum atomic E-state index is -0.658. The quantitative estimate of drug-likeness (QED) is 0.883. The first kappa shape index (κ1) is 14.5. The predicted octanol–water partition coefficient (Wildman–Crippen LogP) is 2.18. The Morgan fingerprint density at radius 1 is 1.55 bits per heavy atom. The number of ether oxygens (including phenoxy) is 1. The molecule has 1 aromatic heterocycles. The Bertz CT molecular complexity index is 655. The Hall–Kier alpha value is -1.87. The van der Waals surface area contributed by atoms with Crippen LogP contribution in [0, 0.1) is 11.3 Å². The highest BCUT2D eigenvalue weighted by Gasteiger charge is 2.11. The van der Waals surface area contributed by atoms with Crippen molar-refractivity contribution in [3.8, 4) is 6.07 Å². The Morgan fingerprint density at radius 3 is 3.05 bits per heavy atom. The maximum atomic E-state index is 9.69. The van der Waals surface area contributed by atoms with Gasteiger partial charge in [-0.15, -0.1) is 0 Å². The molecule has 20 heavy (non-hydrogen) atoms. The number of methoxy groups -OCH3 is 1. The van der Waals surface area contributed by atoms with E-state index < -0.39 is 6.10 Å². The van der Waals surface area contributed by atoms with Gasteiger partial charge in [-0.05, 0) is 18.2 Å². The highest BCUT2D eigenvalue weighted by atomic mass is 35.5. The Morgan fingerprint density at radius 2 is 2.35 bits per heavy atom. The first-order valence-corrected chi connectivity index (χ1v) is 6.42. The third-order valence-electron chi connectivity index (χ3n) is 2.82. The third kappa shape index (κ3) is 3.17. The lowest BCUT2D eigenvalue weighted by Gasteiger charge is -2.14. The second-order valence-corrected chi connectivity index (χ2v) is 4.75. The summed E-state index contributed by atoms with van der Waals surface area (Å²) in [5, 5.41) is 23.2. The summed E-state index contributed by atoms with van der Waals surface area (Å²) >= 11 is 5.99. The first-order valence-electron chi connectivity index (χ1n) is 6.05. The van der Waals surface area contributed by atoms with Gasteiger partial charge < -0.3 is 15.2 Å². The predicted molar refractivity (Wildman–Crippen MR) is 77.8 cm³/mol. The number of fused-ring (bicyclic) bond motifs is 1. The van der Waals surface area contributed by atoms with E-state index in [0.29, 0.717) is 16.3 Å². The molecule has 1 unspecified atom stereocenters. The molecule has 0 bridgehead atoms. The number of halogens is 1. The van der Waals surface area contributed by atoms with E-state index in [1.54, 1.807) is 18.2 Å². The van der Waals surface area contributed by atoms with Crippen molar-refractivity contribution in [2.75, 3.05) is 25.6 Å². The van der Waals surface area contributed by atoms with Crippen molar-refractivity contribution in [2.45, 2.75) is 6.10 Å². The molecule has 0 amide bonds. The van der Waals surface area contributed by atoms with E-state index in [1.807, 2.05) is 0 Å². The van der Waals surface area contributed by atoms with Crippen LogP contribution in [0.3, 0.4) is 0 Å². The molecule has 0 spiro atoms. The van der Waals surface area contributed by atoms with Crippen LogP contribution in [0.4, 0.5) is 5.69 Å². The van der Waals surface area contributed by atoms with Crippen molar-refractivity contribution < 1.29 is 9.84 Å².